The second-order valence-corrected chi connectivity index (χ2v) is 5.80. The van der Waals surface area contributed by atoms with Crippen molar-refractivity contribution in [1.29, 1.82) is 5.26 Å². The van der Waals surface area contributed by atoms with Gasteiger partial charge in [-0.25, -0.2) is 0 Å². The monoisotopic (exact) mass is 258 g/mol. The Morgan fingerprint density at radius 2 is 2.05 bits per heavy atom. The van der Waals surface area contributed by atoms with Crippen LogP contribution in [0.5, 0.6) is 0 Å². The number of nitriles is 1. The van der Waals surface area contributed by atoms with Crippen LogP contribution in [0.25, 0.3) is 0 Å². The predicted molar refractivity (Wildman–Crippen MR) is 75.5 cm³/mol. The Morgan fingerprint density at radius 3 is 2.58 bits per heavy atom. The number of hydrogen-bond donors (Lipinski definition) is 1. The number of aliphatic hydroxyl groups excluding tert-OH is 1. The van der Waals surface area contributed by atoms with Gasteiger partial charge in [-0.05, 0) is 42.5 Å². The van der Waals surface area contributed by atoms with E-state index in [-0.39, 0.29) is 0 Å². The zero-order valence-corrected chi connectivity index (χ0v) is 11.7. The third-order valence-electron chi connectivity index (χ3n) is 4.11. The fourth-order valence-corrected chi connectivity index (χ4v) is 2.70. The molecule has 1 heterocycles. The smallest absolute Gasteiger partial charge is 0.0991 e. The molecule has 1 aromatic carbocycles. The third kappa shape index (κ3) is 3.56. The number of likely N-dealkylation sites (tertiary alicyclic amines) is 1. The highest BCUT2D eigenvalue weighted by Gasteiger charge is 2.26. The van der Waals surface area contributed by atoms with Gasteiger partial charge in [-0.15, -0.1) is 0 Å². The zero-order valence-electron chi connectivity index (χ0n) is 11.7. The second-order valence-electron chi connectivity index (χ2n) is 5.80. The van der Waals surface area contributed by atoms with Gasteiger partial charge >= 0.3 is 0 Å². The van der Waals surface area contributed by atoms with Crippen molar-refractivity contribution >= 4 is 0 Å². The van der Waals surface area contributed by atoms with Crippen molar-refractivity contribution in [3.63, 3.8) is 0 Å². The van der Waals surface area contributed by atoms with Gasteiger partial charge in [0.15, 0.2) is 0 Å². The minimum Gasteiger partial charge on any atom is -0.387 e. The molecular weight excluding hydrogens is 236 g/mol. The summed E-state index contributed by atoms with van der Waals surface area (Å²) in [5.74, 6) is 1.48. The molecule has 19 heavy (non-hydrogen) atoms. The fourth-order valence-electron chi connectivity index (χ4n) is 2.70. The van der Waals surface area contributed by atoms with Crippen molar-refractivity contribution in [3.8, 4) is 6.07 Å². The van der Waals surface area contributed by atoms with Gasteiger partial charge < -0.3 is 10.0 Å². The summed E-state index contributed by atoms with van der Waals surface area (Å²) in [6.45, 7) is 7.40. The van der Waals surface area contributed by atoms with Crippen LogP contribution < -0.4 is 0 Å². The van der Waals surface area contributed by atoms with E-state index in [0.717, 1.165) is 30.5 Å². The van der Waals surface area contributed by atoms with Crippen molar-refractivity contribution < 1.29 is 5.11 Å². The molecular formula is C16H22N2O. The topological polar surface area (TPSA) is 47.3 Å². The number of hydrogen-bond acceptors (Lipinski definition) is 3. The normalized spacial score (nSPS) is 21.5. The molecule has 0 bridgehead atoms. The first kappa shape index (κ1) is 14.0. The highest BCUT2D eigenvalue weighted by Crippen LogP contribution is 2.25. The van der Waals surface area contributed by atoms with E-state index in [1.165, 1.54) is 6.42 Å². The minimum atomic E-state index is -0.460. The van der Waals surface area contributed by atoms with Crippen LogP contribution >= 0.6 is 0 Å². The molecule has 2 unspecified atom stereocenters. The van der Waals surface area contributed by atoms with Gasteiger partial charge in [0.1, 0.15) is 0 Å². The first-order valence-corrected chi connectivity index (χ1v) is 7.00. The molecule has 2 atom stereocenters. The SMILES string of the molecule is CC(C)C1CCN(CC(O)c2ccc(C#N)cc2)C1. The van der Waals surface area contributed by atoms with Crippen molar-refractivity contribution in [1.82, 2.24) is 4.90 Å². The summed E-state index contributed by atoms with van der Waals surface area (Å²) in [7, 11) is 0. The van der Waals surface area contributed by atoms with Crippen LogP contribution in [0.3, 0.4) is 0 Å². The Bertz CT molecular complexity index is 447. The van der Waals surface area contributed by atoms with Gasteiger partial charge in [-0.2, -0.15) is 5.26 Å². The van der Waals surface area contributed by atoms with E-state index < -0.39 is 6.10 Å². The molecule has 3 nitrogen and oxygen atoms in total. The lowest BCUT2D eigenvalue weighted by Gasteiger charge is -2.21. The Balaban J connectivity index is 1.90. The van der Waals surface area contributed by atoms with Crippen molar-refractivity contribution in [2.24, 2.45) is 11.8 Å². The first-order valence-electron chi connectivity index (χ1n) is 7.00. The average Bonchev–Trinajstić information content (AvgIpc) is 2.87. The highest BCUT2D eigenvalue weighted by molar-refractivity contribution is 5.32. The van der Waals surface area contributed by atoms with Crippen LogP contribution in [-0.2, 0) is 0 Å². The van der Waals surface area contributed by atoms with Crippen LogP contribution in [0.4, 0.5) is 0 Å². The maximum atomic E-state index is 10.2. The Labute approximate surface area is 115 Å². The molecule has 0 aromatic heterocycles. The molecule has 0 radical (unpaired) electrons. The molecule has 1 aromatic rings. The Kier molecular flexibility index (Phi) is 4.57. The quantitative estimate of drug-likeness (QED) is 0.903. The molecule has 1 fully saturated rings. The molecule has 0 spiro atoms. The van der Waals surface area contributed by atoms with E-state index >= 15 is 0 Å². The number of aliphatic hydroxyl groups is 1. The maximum Gasteiger partial charge on any atom is 0.0991 e. The highest BCUT2D eigenvalue weighted by atomic mass is 16.3. The summed E-state index contributed by atoms with van der Waals surface area (Å²) in [6.07, 6.45) is 0.774. The van der Waals surface area contributed by atoms with Crippen LogP contribution in [0.2, 0.25) is 0 Å². The summed E-state index contributed by atoms with van der Waals surface area (Å²) < 4.78 is 0. The molecule has 1 saturated heterocycles. The Hall–Kier alpha value is -1.37. The lowest BCUT2D eigenvalue weighted by atomic mass is 9.95. The lowest BCUT2D eigenvalue weighted by Crippen LogP contribution is -2.27. The summed E-state index contributed by atoms with van der Waals surface area (Å²) in [6, 6.07) is 9.31. The molecule has 3 heteroatoms. The van der Waals surface area contributed by atoms with Crippen molar-refractivity contribution in [3.05, 3.63) is 35.4 Å². The molecule has 1 N–H and O–H groups in total. The molecule has 102 valence electrons. The van der Waals surface area contributed by atoms with E-state index in [1.54, 1.807) is 12.1 Å². The van der Waals surface area contributed by atoms with E-state index in [4.69, 9.17) is 5.26 Å². The number of nitrogens with zero attached hydrogens (tertiary/aromatic N) is 2. The van der Waals surface area contributed by atoms with Gasteiger partial charge in [-0.3, -0.25) is 0 Å². The van der Waals surface area contributed by atoms with Gasteiger partial charge in [0, 0.05) is 13.1 Å². The summed E-state index contributed by atoms with van der Waals surface area (Å²) in [5, 5.41) is 19.0. The third-order valence-corrected chi connectivity index (χ3v) is 4.11. The van der Waals surface area contributed by atoms with Gasteiger partial charge in [-0.1, -0.05) is 26.0 Å². The van der Waals surface area contributed by atoms with Crippen LogP contribution in [0.1, 0.15) is 37.5 Å². The minimum absolute atomic E-state index is 0.460. The number of rotatable bonds is 4. The maximum absolute atomic E-state index is 10.2. The summed E-state index contributed by atoms with van der Waals surface area (Å²) >= 11 is 0. The molecule has 1 aliphatic heterocycles. The molecule has 0 amide bonds. The first-order chi connectivity index (χ1) is 9.10. The van der Waals surface area contributed by atoms with Crippen LogP contribution in [0, 0.1) is 23.2 Å². The average molecular weight is 258 g/mol. The lowest BCUT2D eigenvalue weighted by molar-refractivity contribution is 0.123. The molecule has 1 aliphatic rings. The van der Waals surface area contributed by atoms with E-state index in [1.807, 2.05) is 12.1 Å². The van der Waals surface area contributed by atoms with E-state index in [9.17, 15) is 5.11 Å². The molecule has 0 saturated carbocycles. The fraction of sp³-hybridized carbons (Fsp3) is 0.562. The summed E-state index contributed by atoms with van der Waals surface area (Å²) in [5.41, 5.74) is 1.53. The van der Waals surface area contributed by atoms with Gasteiger partial charge in [0.2, 0.25) is 0 Å². The zero-order chi connectivity index (χ0) is 13.8. The summed E-state index contributed by atoms with van der Waals surface area (Å²) in [4.78, 5) is 2.34. The largest absolute Gasteiger partial charge is 0.387 e. The number of β-amino-alcohol motifs (C(OH)–C–C–N with tert-alkyl or cyclic N) is 1. The Morgan fingerprint density at radius 1 is 1.37 bits per heavy atom. The standard InChI is InChI=1S/C16H22N2O/c1-12(2)15-7-8-18(10-15)11-16(19)14-5-3-13(9-17)4-6-14/h3-6,12,15-16,19H,7-8,10-11H2,1-2H3. The van der Waals surface area contributed by atoms with Crippen molar-refractivity contribution in [2.45, 2.75) is 26.4 Å². The van der Waals surface area contributed by atoms with Gasteiger partial charge in [0.05, 0.1) is 17.7 Å². The second kappa shape index (κ2) is 6.18. The van der Waals surface area contributed by atoms with E-state index in [0.29, 0.717) is 12.1 Å². The molecule has 0 aliphatic carbocycles. The predicted octanol–water partition coefficient (Wildman–Crippen LogP) is 2.57. The number of benzene rings is 1. The van der Waals surface area contributed by atoms with Crippen LogP contribution in [0.15, 0.2) is 24.3 Å². The molecule has 2 rings (SSSR count). The van der Waals surface area contributed by atoms with Crippen LogP contribution in [-0.4, -0.2) is 29.6 Å². The van der Waals surface area contributed by atoms with E-state index in [2.05, 4.69) is 24.8 Å². The van der Waals surface area contributed by atoms with Crippen molar-refractivity contribution in [2.75, 3.05) is 19.6 Å². The van der Waals surface area contributed by atoms with Gasteiger partial charge in [0.25, 0.3) is 0 Å².